The summed E-state index contributed by atoms with van der Waals surface area (Å²) in [6.45, 7) is 7.70. The molecule has 0 N–H and O–H groups in total. The van der Waals surface area contributed by atoms with Crippen LogP contribution < -0.4 is 29.1 Å². The van der Waals surface area contributed by atoms with Crippen LogP contribution in [0.2, 0.25) is 10.0 Å². The molecule has 1 aromatic heterocycles. The average molecular weight is 718 g/mol. The minimum Gasteiger partial charge on any atom is -0.493 e. The molecular formula is C38H34Cl2N2O6S. The number of thiazole rings is 1. The smallest absolute Gasteiger partial charge is 0.338 e. The molecule has 4 aromatic carbocycles. The van der Waals surface area contributed by atoms with E-state index in [2.05, 4.69) is 0 Å². The molecule has 2 heterocycles. The molecule has 11 heteroatoms. The minimum atomic E-state index is -0.824. The van der Waals surface area contributed by atoms with Crippen molar-refractivity contribution in [1.82, 2.24) is 4.57 Å². The number of rotatable bonds is 10. The van der Waals surface area contributed by atoms with Gasteiger partial charge in [-0.3, -0.25) is 9.36 Å². The first-order valence-electron chi connectivity index (χ1n) is 15.7. The Balaban J connectivity index is 1.52. The van der Waals surface area contributed by atoms with Crippen LogP contribution in [0.3, 0.4) is 0 Å². The van der Waals surface area contributed by atoms with Crippen LogP contribution in [-0.2, 0) is 16.1 Å². The van der Waals surface area contributed by atoms with Gasteiger partial charge in [-0.2, -0.15) is 0 Å². The number of carbonyl (C=O) groups is 1. The van der Waals surface area contributed by atoms with E-state index in [9.17, 15) is 9.59 Å². The topological polar surface area (TPSA) is 88.4 Å². The third-order valence-corrected chi connectivity index (χ3v) is 9.56. The quantitative estimate of drug-likeness (QED) is 0.138. The molecule has 8 nitrogen and oxygen atoms in total. The lowest BCUT2D eigenvalue weighted by Gasteiger charge is -2.25. The number of aromatic nitrogens is 1. The largest absolute Gasteiger partial charge is 0.493 e. The highest BCUT2D eigenvalue weighted by atomic mass is 35.5. The second-order valence-electron chi connectivity index (χ2n) is 11.6. The first-order valence-corrected chi connectivity index (χ1v) is 17.3. The van der Waals surface area contributed by atoms with Crippen LogP contribution in [0.25, 0.3) is 16.8 Å². The van der Waals surface area contributed by atoms with Gasteiger partial charge in [0.15, 0.2) is 16.3 Å². The molecule has 1 aliphatic heterocycles. The zero-order valence-electron chi connectivity index (χ0n) is 27.6. The van der Waals surface area contributed by atoms with Crippen molar-refractivity contribution in [1.29, 1.82) is 0 Å². The Hall–Kier alpha value is -4.57. The highest BCUT2D eigenvalue weighted by Gasteiger charge is 2.34. The van der Waals surface area contributed by atoms with E-state index in [0.29, 0.717) is 47.9 Å². The van der Waals surface area contributed by atoms with Gasteiger partial charge in [0.25, 0.3) is 5.56 Å². The first kappa shape index (κ1) is 34.3. The summed E-state index contributed by atoms with van der Waals surface area (Å²) < 4.78 is 25.4. The summed E-state index contributed by atoms with van der Waals surface area (Å²) in [6, 6.07) is 21.6. The van der Waals surface area contributed by atoms with Crippen LogP contribution >= 0.6 is 34.5 Å². The lowest BCUT2D eigenvalue weighted by molar-refractivity contribution is -0.139. The summed E-state index contributed by atoms with van der Waals surface area (Å²) in [4.78, 5) is 33.1. The van der Waals surface area contributed by atoms with Gasteiger partial charge in [-0.05, 0) is 80.4 Å². The highest BCUT2D eigenvalue weighted by Crippen LogP contribution is 2.37. The van der Waals surface area contributed by atoms with E-state index in [4.69, 9.17) is 47.1 Å². The first-order chi connectivity index (χ1) is 23.6. The molecule has 0 fully saturated rings. The van der Waals surface area contributed by atoms with E-state index < -0.39 is 12.0 Å². The zero-order valence-corrected chi connectivity index (χ0v) is 29.9. The van der Waals surface area contributed by atoms with E-state index in [-0.39, 0.29) is 30.5 Å². The van der Waals surface area contributed by atoms with Crippen molar-refractivity contribution >= 4 is 57.4 Å². The number of esters is 1. The molecule has 1 aliphatic rings. The maximum Gasteiger partial charge on any atom is 0.338 e. The summed E-state index contributed by atoms with van der Waals surface area (Å²) in [6.07, 6.45) is 1.74. The van der Waals surface area contributed by atoms with E-state index in [1.165, 1.54) is 11.3 Å². The third kappa shape index (κ3) is 6.97. The molecule has 5 aromatic rings. The van der Waals surface area contributed by atoms with Crippen LogP contribution in [0, 0.1) is 0 Å². The van der Waals surface area contributed by atoms with Crippen LogP contribution in [-0.4, -0.2) is 30.4 Å². The van der Waals surface area contributed by atoms with Gasteiger partial charge < -0.3 is 18.9 Å². The van der Waals surface area contributed by atoms with E-state index in [1.807, 2.05) is 68.5 Å². The monoisotopic (exact) mass is 716 g/mol. The molecule has 0 spiro atoms. The fourth-order valence-corrected chi connectivity index (χ4v) is 7.28. The molecule has 1 atom stereocenters. The summed E-state index contributed by atoms with van der Waals surface area (Å²) in [5.41, 5.74) is 2.56. The molecule has 6 rings (SSSR count). The van der Waals surface area contributed by atoms with Gasteiger partial charge in [0.1, 0.15) is 12.4 Å². The summed E-state index contributed by atoms with van der Waals surface area (Å²) >= 11 is 13.8. The van der Waals surface area contributed by atoms with Crippen molar-refractivity contribution in [3.05, 3.63) is 130 Å². The standard InChI is InChI=1S/C38H34Cl2N2O6S/c1-6-46-37(44)34-22(4)41-38-42(35(34)24-13-16-31(48-21(2)3)32(17-24)45-5)36(43)33(49-38)19-28-27-10-8-7-9-23(27)12-15-30(28)47-20-25-11-14-26(39)18-29(25)40/h7-19,21,35H,6,20H2,1-5H3/b33-19+/t35-/m1/s1. The number of carbonyl (C=O) groups excluding carboxylic acids is 1. The third-order valence-electron chi connectivity index (χ3n) is 7.99. The van der Waals surface area contributed by atoms with Gasteiger partial charge in [0.2, 0.25) is 0 Å². The van der Waals surface area contributed by atoms with Crippen molar-refractivity contribution in [2.45, 2.75) is 46.4 Å². The van der Waals surface area contributed by atoms with Crippen molar-refractivity contribution in [3.63, 3.8) is 0 Å². The van der Waals surface area contributed by atoms with Crippen LogP contribution in [0.1, 0.15) is 50.4 Å². The number of nitrogens with zero attached hydrogens (tertiary/aromatic N) is 2. The maximum absolute atomic E-state index is 14.5. The van der Waals surface area contributed by atoms with Crippen molar-refractivity contribution in [3.8, 4) is 17.2 Å². The lowest BCUT2D eigenvalue weighted by Crippen LogP contribution is -2.40. The van der Waals surface area contributed by atoms with Crippen molar-refractivity contribution < 1.29 is 23.7 Å². The average Bonchev–Trinajstić information content (AvgIpc) is 3.38. The molecule has 0 radical (unpaired) electrons. The Bertz CT molecular complexity index is 2290. The number of hydrogen-bond acceptors (Lipinski definition) is 8. The SMILES string of the molecule is CCOC(=O)C1=C(C)N=c2s/c(=C/c3c(OCc4ccc(Cl)cc4Cl)ccc4ccccc34)c(=O)n2[C@@H]1c1ccc(OC(C)C)c(OC)c1. The molecule has 49 heavy (non-hydrogen) atoms. The Morgan fingerprint density at radius 2 is 1.80 bits per heavy atom. The van der Waals surface area contributed by atoms with Crippen LogP contribution in [0.5, 0.6) is 17.2 Å². The number of allylic oxidation sites excluding steroid dienone is 1. The summed E-state index contributed by atoms with van der Waals surface area (Å²) in [7, 11) is 1.55. The Morgan fingerprint density at radius 3 is 2.53 bits per heavy atom. The Kier molecular flexibility index (Phi) is 10.2. The van der Waals surface area contributed by atoms with E-state index >= 15 is 0 Å². The van der Waals surface area contributed by atoms with Gasteiger partial charge in [0.05, 0.1) is 41.7 Å². The zero-order chi connectivity index (χ0) is 34.8. The second kappa shape index (κ2) is 14.5. The minimum absolute atomic E-state index is 0.0826. The molecular weight excluding hydrogens is 683 g/mol. The number of hydrogen-bond donors (Lipinski definition) is 0. The van der Waals surface area contributed by atoms with Crippen molar-refractivity contribution in [2.75, 3.05) is 13.7 Å². The van der Waals surface area contributed by atoms with Gasteiger partial charge >= 0.3 is 5.97 Å². The Morgan fingerprint density at radius 1 is 1.02 bits per heavy atom. The Labute approximate surface area is 297 Å². The fourth-order valence-electron chi connectivity index (χ4n) is 5.79. The second-order valence-corrected chi connectivity index (χ2v) is 13.5. The number of ether oxygens (including phenoxy) is 4. The van der Waals surface area contributed by atoms with Crippen LogP contribution in [0.4, 0.5) is 0 Å². The lowest BCUT2D eigenvalue weighted by atomic mass is 9.95. The van der Waals surface area contributed by atoms with Gasteiger partial charge in [0, 0.05) is 21.2 Å². The molecule has 0 amide bonds. The fraction of sp³-hybridized carbons (Fsp3) is 0.237. The van der Waals surface area contributed by atoms with Gasteiger partial charge in [-0.15, -0.1) is 0 Å². The van der Waals surface area contributed by atoms with Gasteiger partial charge in [-0.25, -0.2) is 9.79 Å². The number of fused-ring (bicyclic) bond motifs is 2. The number of halogens is 2. The molecule has 0 bridgehead atoms. The maximum atomic E-state index is 14.5. The number of methoxy groups -OCH3 is 1. The molecule has 0 saturated carbocycles. The van der Waals surface area contributed by atoms with E-state index in [1.54, 1.807) is 49.8 Å². The normalized spacial score (nSPS) is 14.5. The molecule has 0 aliphatic carbocycles. The van der Waals surface area contributed by atoms with Crippen LogP contribution in [0.15, 0.2) is 93.9 Å². The van der Waals surface area contributed by atoms with E-state index in [0.717, 1.165) is 21.9 Å². The molecule has 0 saturated heterocycles. The highest BCUT2D eigenvalue weighted by molar-refractivity contribution is 7.07. The predicted octanol–water partition coefficient (Wildman–Crippen LogP) is 7.63. The van der Waals surface area contributed by atoms with Crippen molar-refractivity contribution in [2.24, 2.45) is 4.99 Å². The number of benzene rings is 4. The molecule has 0 unspecified atom stereocenters. The summed E-state index contributed by atoms with van der Waals surface area (Å²) in [5.74, 6) is 1.05. The summed E-state index contributed by atoms with van der Waals surface area (Å²) in [5, 5.41) is 2.91. The van der Waals surface area contributed by atoms with Gasteiger partial charge in [-0.1, -0.05) is 77.0 Å². The predicted molar refractivity (Wildman–Crippen MR) is 194 cm³/mol. The molecule has 252 valence electrons.